The lowest BCUT2D eigenvalue weighted by Crippen LogP contribution is -2.40. The summed E-state index contributed by atoms with van der Waals surface area (Å²) in [6, 6.07) is 17.4. The number of anilines is 2. The van der Waals surface area contributed by atoms with Gasteiger partial charge in [-0.25, -0.2) is 4.79 Å². The van der Waals surface area contributed by atoms with Crippen molar-refractivity contribution in [2.75, 3.05) is 11.4 Å². The van der Waals surface area contributed by atoms with Gasteiger partial charge < -0.3 is 14.2 Å². The van der Waals surface area contributed by atoms with Crippen molar-refractivity contribution >= 4 is 22.8 Å². The maximum absolute atomic E-state index is 13.2. The molecular formula is C25H25N5O3. The first-order valence-corrected chi connectivity index (χ1v) is 10.9. The molecule has 1 unspecified atom stereocenters. The number of ether oxygens (including phenoxy) is 1. The number of rotatable bonds is 5. The summed E-state index contributed by atoms with van der Waals surface area (Å²) >= 11 is 0. The summed E-state index contributed by atoms with van der Waals surface area (Å²) in [7, 11) is 1.65. The van der Waals surface area contributed by atoms with E-state index in [-0.39, 0.29) is 18.0 Å². The third kappa shape index (κ3) is 3.53. The number of nitrogens with zero attached hydrogens (tertiary/aromatic N) is 5. The highest BCUT2D eigenvalue weighted by molar-refractivity contribution is 5.77. The van der Waals surface area contributed by atoms with Gasteiger partial charge in [-0.1, -0.05) is 31.2 Å². The molecule has 8 nitrogen and oxygen atoms in total. The second-order valence-electron chi connectivity index (χ2n) is 8.37. The minimum atomic E-state index is -0.398. The second-order valence-corrected chi connectivity index (χ2v) is 8.37. The molecule has 2 aromatic carbocycles. The van der Waals surface area contributed by atoms with Crippen LogP contribution in [0.2, 0.25) is 0 Å². The number of hydrogen-bond acceptors (Lipinski definition) is 5. The van der Waals surface area contributed by atoms with Crippen molar-refractivity contribution in [1.29, 1.82) is 0 Å². The Kier molecular flexibility index (Phi) is 5.12. The van der Waals surface area contributed by atoms with Gasteiger partial charge >= 0.3 is 5.69 Å². The lowest BCUT2D eigenvalue weighted by Gasteiger charge is -2.33. The highest BCUT2D eigenvalue weighted by Gasteiger charge is 2.29. The van der Waals surface area contributed by atoms with Gasteiger partial charge in [0.2, 0.25) is 5.95 Å². The first-order valence-electron chi connectivity index (χ1n) is 10.9. The van der Waals surface area contributed by atoms with Crippen molar-refractivity contribution in [3.63, 3.8) is 0 Å². The van der Waals surface area contributed by atoms with Gasteiger partial charge in [0.05, 0.1) is 0 Å². The summed E-state index contributed by atoms with van der Waals surface area (Å²) in [5.74, 6) is 2.44. The minimum absolute atomic E-state index is 0.157. The topological polar surface area (TPSA) is 74.3 Å². The molecule has 168 valence electrons. The van der Waals surface area contributed by atoms with E-state index < -0.39 is 5.69 Å². The van der Waals surface area contributed by atoms with Crippen LogP contribution >= 0.6 is 0 Å². The van der Waals surface area contributed by atoms with Crippen LogP contribution in [0, 0.1) is 5.92 Å². The zero-order chi connectivity index (χ0) is 23.1. The minimum Gasteiger partial charge on any atom is -0.457 e. The molecule has 0 amide bonds. The van der Waals surface area contributed by atoms with Crippen LogP contribution in [0.3, 0.4) is 0 Å². The normalized spacial score (nSPS) is 15.5. The lowest BCUT2D eigenvalue weighted by atomic mass is 10.1. The fraction of sp³-hybridized carbons (Fsp3) is 0.240. The Morgan fingerprint density at radius 2 is 1.76 bits per heavy atom. The molecule has 4 aromatic rings. The number of imidazole rings is 1. The number of aryl methyl sites for hydroxylation is 1. The van der Waals surface area contributed by atoms with E-state index in [4.69, 9.17) is 9.72 Å². The van der Waals surface area contributed by atoms with Crippen molar-refractivity contribution in [3.8, 4) is 11.5 Å². The summed E-state index contributed by atoms with van der Waals surface area (Å²) in [6.07, 6.45) is 1.55. The van der Waals surface area contributed by atoms with E-state index in [1.165, 1.54) is 9.13 Å². The molecular weight excluding hydrogens is 418 g/mol. The Balaban J connectivity index is 1.58. The fourth-order valence-corrected chi connectivity index (χ4v) is 4.33. The molecule has 1 atom stereocenters. The standard InChI is InChI=1S/C25H25N5O3/c1-4-14-28-23(31)21-22(27(3)25(28)32)26-24-29(15-17(2)16-30(21)24)18-10-12-20(13-11-18)33-19-8-6-5-7-9-19/h4-13,17H,1,14-16H2,2-3H3. The number of hydrogen-bond donors (Lipinski definition) is 0. The predicted molar refractivity (Wildman–Crippen MR) is 129 cm³/mol. The van der Waals surface area contributed by atoms with E-state index in [0.29, 0.717) is 23.7 Å². The molecule has 0 saturated heterocycles. The molecule has 5 rings (SSSR count). The predicted octanol–water partition coefficient (Wildman–Crippen LogP) is 3.66. The summed E-state index contributed by atoms with van der Waals surface area (Å²) in [5.41, 5.74) is 1.03. The SMILES string of the molecule is C=CCn1c(=O)c2c(nc3n2CC(C)CN3c2ccc(Oc3ccccc3)cc2)n(C)c1=O. The molecule has 0 radical (unpaired) electrons. The number of aromatic nitrogens is 4. The Bertz CT molecular complexity index is 1450. The van der Waals surface area contributed by atoms with Gasteiger partial charge in [-0.2, -0.15) is 4.98 Å². The Morgan fingerprint density at radius 3 is 2.45 bits per heavy atom. The maximum atomic E-state index is 13.2. The van der Waals surface area contributed by atoms with Crippen LogP contribution in [0.25, 0.3) is 11.2 Å². The Hall–Kier alpha value is -4.07. The summed E-state index contributed by atoms with van der Waals surface area (Å²) in [5, 5.41) is 0. The largest absolute Gasteiger partial charge is 0.457 e. The molecule has 0 bridgehead atoms. The third-order valence-electron chi connectivity index (χ3n) is 5.88. The average Bonchev–Trinajstić information content (AvgIpc) is 3.21. The van der Waals surface area contributed by atoms with Crippen molar-refractivity contribution in [2.45, 2.75) is 20.0 Å². The number of benzene rings is 2. The van der Waals surface area contributed by atoms with Gasteiger partial charge in [-0.15, -0.1) is 6.58 Å². The van der Waals surface area contributed by atoms with Gasteiger partial charge in [-0.05, 0) is 42.3 Å². The second kappa shape index (κ2) is 8.12. The van der Waals surface area contributed by atoms with Gasteiger partial charge in [0, 0.05) is 32.4 Å². The monoisotopic (exact) mass is 443 g/mol. The van der Waals surface area contributed by atoms with Gasteiger partial charge in [0.1, 0.15) is 11.5 Å². The smallest absolute Gasteiger partial charge is 0.332 e. The molecule has 0 N–H and O–H groups in total. The average molecular weight is 444 g/mol. The summed E-state index contributed by atoms with van der Waals surface area (Å²) < 4.78 is 10.5. The molecule has 8 heteroatoms. The molecule has 33 heavy (non-hydrogen) atoms. The van der Waals surface area contributed by atoms with Crippen LogP contribution < -0.4 is 20.9 Å². The molecule has 0 spiro atoms. The molecule has 1 aliphatic heterocycles. The molecule has 2 aromatic heterocycles. The quantitative estimate of drug-likeness (QED) is 0.440. The van der Waals surface area contributed by atoms with Gasteiger partial charge in [-0.3, -0.25) is 13.9 Å². The first kappa shape index (κ1) is 20.8. The van der Waals surface area contributed by atoms with Crippen LogP contribution in [-0.2, 0) is 20.1 Å². The van der Waals surface area contributed by atoms with E-state index in [9.17, 15) is 9.59 Å². The van der Waals surface area contributed by atoms with Crippen LogP contribution in [0.5, 0.6) is 11.5 Å². The highest BCUT2D eigenvalue weighted by Crippen LogP contribution is 2.34. The molecule has 3 heterocycles. The van der Waals surface area contributed by atoms with Crippen molar-refractivity contribution in [3.05, 3.63) is 88.1 Å². The van der Waals surface area contributed by atoms with E-state index in [1.54, 1.807) is 13.1 Å². The van der Waals surface area contributed by atoms with Crippen LogP contribution in [0.1, 0.15) is 6.92 Å². The third-order valence-corrected chi connectivity index (χ3v) is 5.88. The molecule has 0 fully saturated rings. The van der Waals surface area contributed by atoms with Crippen molar-refractivity contribution < 1.29 is 4.74 Å². The van der Waals surface area contributed by atoms with Crippen molar-refractivity contribution in [1.82, 2.24) is 18.7 Å². The van der Waals surface area contributed by atoms with Crippen molar-refractivity contribution in [2.24, 2.45) is 13.0 Å². The molecule has 1 aliphatic rings. The number of fused-ring (bicyclic) bond motifs is 3. The van der Waals surface area contributed by atoms with Crippen LogP contribution in [0.4, 0.5) is 11.6 Å². The van der Waals surface area contributed by atoms with E-state index in [0.717, 1.165) is 23.7 Å². The number of allylic oxidation sites excluding steroid dienone is 1. The molecule has 0 saturated carbocycles. The Morgan fingerprint density at radius 1 is 1.06 bits per heavy atom. The van der Waals surface area contributed by atoms with Gasteiger partial charge in [0.25, 0.3) is 5.56 Å². The summed E-state index contributed by atoms with van der Waals surface area (Å²) in [4.78, 5) is 32.7. The van der Waals surface area contributed by atoms with Crippen LogP contribution in [0.15, 0.2) is 76.8 Å². The Labute approximate surface area is 190 Å². The number of para-hydroxylation sites is 1. The zero-order valence-corrected chi connectivity index (χ0v) is 18.6. The fourth-order valence-electron chi connectivity index (χ4n) is 4.33. The van der Waals surface area contributed by atoms with E-state index >= 15 is 0 Å². The van der Waals surface area contributed by atoms with E-state index in [1.807, 2.05) is 59.2 Å². The first-order chi connectivity index (χ1) is 16.0. The van der Waals surface area contributed by atoms with E-state index in [2.05, 4.69) is 18.4 Å². The van der Waals surface area contributed by atoms with Crippen LogP contribution in [-0.4, -0.2) is 25.2 Å². The van der Waals surface area contributed by atoms with Gasteiger partial charge in [0.15, 0.2) is 11.2 Å². The zero-order valence-electron chi connectivity index (χ0n) is 18.6. The maximum Gasteiger partial charge on any atom is 0.332 e. The highest BCUT2D eigenvalue weighted by atomic mass is 16.5. The lowest BCUT2D eigenvalue weighted by molar-refractivity contribution is 0.457. The summed E-state index contributed by atoms with van der Waals surface area (Å²) in [6.45, 7) is 7.37. The molecule has 0 aliphatic carbocycles.